The molecule has 10 nitrogen and oxygen atoms in total. The maximum Gasteiger partial charge on any atom is 0.251 e. The first kappa shape index (κ1) is 33.0. The lowest BCUT2D eigenvalue weighted by Crippen LogP contribution is -2.45. The number of amides is 2. The van der Waals surface area contributed by atoms with Crippen LogP contribution in [0.25, 0.3) is 22.4 Å². The van der Waals surface area contributed by atoms with Crippen LogP contribution in [0.5, 0.6) is 0 Å². The lowest BCUT2D eigenvalue weighted by atomic mass is 10.0. The van der Waals surface area contributed by atoms with Crippen molar-refractivity contribution in [2.45, 2.75) is 44.3 Å². The maximum atomic E-state index is 14.4. The number of nitrogens with zero attached hydrogens (tertiary/aromatic N) is 6. The van der Waals surface area contributed by atoms with Crippen LogP contribution < -0.4 is 15.5 Å². The van der Waals surface area contributed by atoms with Crippen molar-refractivity contribution in [1.29, 1.82) is 0 Å². The molecule has 0 unspecified atom stereocenters. The van der Waals surface area contributed by atoms with Gasteiger partial charge in [-0.3, -0.25) is 19.5 Å². The number of hydrogen-bond acceptors (Lipinski definition) is 8. The molecule has 2 aromatic carbocycles. The minimum Gasteiger partial charge on any atom is -0.356 e. The maximum absolute atomic E-state index is 14.4. The highest BCUT2D eigenvalue weighted by Gasteiger charge is 2.24. The molecule has 0 radical (unpaired) electrons. The number of halogens is 1. The second-order valence-electron chi connectivity index (χ2n) is 12.9. The van der Waals surface area contributed by atoms with Gasteiger partial charge in [0.05, 0.1) is 5.69 Å². The summed E-state index contributed by atoms with van der Waals surface area (Å²) in [5.74, 6) is 0.260. The fourth-order valence-corrected chi connectivity index (χ4v) is 6.67. The van der Waals surface area contributed by atoms with E-state index in [1.807, 2.05) is 42.6 Å². The van der Waals surface area contributed by atoms with Crippen LogP contribution in [0.3, 0.4) is 0 Å². The molecule has 7 rings (SSSR count). The van der Waals surface area contributed by atoms with Crippen molar-refractivity contribution in [2.75, 3.05) is 31.1 Å². The normalized spacial score (nSPS) is 15.8. The van der Waals surface area contributed by atoms with Crippen LogP contribution in [0.1, 0.15) is 52.0 Å². The van der Waals surface area contributed by atoms with Crippen molar-refractivity contribution < 1.29 is 14.0 Å². The molecule has 0 aliphatic carbocycles. The van der Waals surface area contributed by atoms with Gasteiger partial charge in [-0.05, 0) is 85.3 Å². The number of likely N-dealkylation sites (tertiary alicyclic amines) is 1. The van der Waals surface area contributed by atoms with Gasteiger partial charge >= 0.3 is 0 Å². The topological polar surface area (TPSA) is 116 Å². The average molecular weight is 671 g/mol. The third-order valence-electron chi connectivity index (χ3n) is 9.50. The summed E-state index contributed by atoms with van der Waals surface area (Å²) in [7, 11) is 0. The number of aromatic nitrogens is 4. The Labute approximate surface area is 290 Å². The second kappa shape index (κ2) is 15.3. The molecule has 50 heavy (non-hydrogen) atoms. The van der Waals surface area contributed by atoms with Crippen molar-refractivity contribution in [3.05, 3.63) is 126 Å². The van der Waals surface area contributed by atoms with E-state index in [9.17, 15) is 14.0 Å². The third-order valence-corrected chi connectivity index (χ3v) is 9.50. The van der Waals surface area contributed by atoms with Gasteiger partial charge in [-0.2, -0.15) is 0 Å². The molecule has 3 aromatic heterocycles. The summed E-state index contributed by atoms with van der Waals surface area (Å²) in [4.78, 5) is 47.7. The third kappa shape index (κ3) is 8.01. The molecule has 5 aromatic rings. The van der Waals surface area contributed by atoms with Gasteiger partial charge in [-0.15, -0.1) is 0 Å². The van der Waals surface area contributed by atoms with E-state index in [2.05, 4.69) is 47.5 Å². The molecule has 2 aliphatic heterocycles. The summed E-state index contributed by atoms with van der Waals surface area (Å²) >= 11 is 0. The zero-order valence-corrected chi connectivity index (χ0v) is 27.7. The first-order valence-electron chi connectivity index (χ1n) is 17.1. The van der Waals surface area contributed by atoms with E-state index in [-0.39, 0.29) is 29.5 Å². The van der Waals surface area contributed by atoms with Crippen molar-refractivity contribution in [3.8, 4) is 22.4 Å². The highest BCUT2D eigenvalue weighted by Crippen LogP contribution is 2.24. The number of nitrogens with one attached hydrogen (secondary N) is 2. The highest BCUT2D eigenvalue weighted by atomic mass is 19.1. The molecule has 2 saturated heterocycles. The quantitative estimate of drug-likeness (QED) is 0.210. The molecule has 254 valence electrons. The number of carbonyl (C=O) groups is 2. The molecule has 2 amide bonds. The molecular formula is C39H39FN8O2. The number of piperidine rings is 2. The predicted octanol–water partition coefficient (Wildman–Crippen LogP) is 5.53. The fraction of sp³-hybridized carbons (Fsp3) is 0.282. The van der Waals surface area contributed by atoms with Gasteiger partial charge in [0.15, 0.2) is 0 Å². The largest absolute Gasteiger partial charge is 0.356 e. The summed E-state index contributed by atoms with van der Waals surface area (Å²) in [5.41, 5.74) is 4.89. The Morgan fingerprint density at radius 3 is 2.14 bits per heavy atom. The SMILES string of the molecule is O=C(NC1CCN(Cc2ccc(N3CCC(NC(=O)c4cccc(-c5cccnc5)c4)CC3)nc2)CC1)c1ccc(F)c(-c2ccncn2)c1. The molecular weight excluding hydrogens is 631 g/mol. The Morgan fingerprint density at radius 1 is 0.720 bits per heavy atom. The Kier molecular flexibility index (Phi) is 10.1. The summed E-state index contributed by atoms with van der Waals surface area (Å²) in [6, 6.07) is 21.9. The highest BCUT2D eigenvalue weighted by molar-refractivity contribution is 5.96. The summed E-state index contributed by atoms with van der Waals surface area (Å²) in [6.45, 7) is 4.16. The second-order valence-corrected chi connectivity index (χ2v) is 12.9. The van der Waals surface area contributed by atoms with Gasteiger partial charge in [0, 0.05) is 91.8 Å². The molecule has 2 aliphatic rings. The van der Waals surface area contributed by atoms with Crippen molar-refractivity contribution in [3.63, 3.8) is 0 Å². The number of anilines is 1. The van der Waals surface area contributed by atoms with E-state index < -0.39 is 5.82 Å². The smallest absolute Gasteiger partial charge is 0.251 e. The fourth-order valence-electron chi connectivity index (χ4n) is 6.67. The van der Waals surface area contributed by atoms with Crippen LogP contribution in [-0.2, 0) is 6.54 Å². The zero-order valence-electron chi connectivity index (χ0n) is 27.7. The Balaban J connectivity index is 0.847. The van der Waals surface area contributed by atoms with Crippen molar-refractivity contribution >= 4 is 17.6 Å². The summed E-state index contributed by atoms with van der Waals surface area (Å²) in [5, 5.41) is 6.35. The molecule has 0 bridgehead atoms. The van der Waals surface area contributed by atoms with E-state index >= 15 is 0 Å². The van der Waals surface area contributed by atoms with Crippen LogP contribution in [0.2, 0.25) is 0 Å². The summed E-state index contributed by atoms with van der Waals surface area (Å²) in [6.07, 6.45) is 11.8. The molecule has 2 fully saturated rings. The summed E-state index contributed by atoms with van der Waals surface area (Å²) < 4.78 is 14.4. The lowest BCUT2D eigenvalue weighted by molar-refractivity contribution is 0.0906. The Bertz CT molecular complexity index is 1910. The molecule has 0 atom stereocenters. The van der Waals surface area contributed by atoms with Crippen LogP contribution in [0, 0.1) is 5.82 Å². The van der Waals surface area contributed by atoms with Gasteiger partial charge in [-0.1, -0.05) is 24.3 Å². The monoisotopic (exact) mass is 670 g/mol. The first-order chi connectivity index (χ1) is 24.5. The first-order valence-corrected chi connectivity index (χ1v) is 17.1. The number of pyridine rings is 2. The van der Waals surface area contributed by atoms with Crippen LogP contribution in [0.15, 0.2) is 104 Å². The number of benzene rings is 2. The van der Waals surface area contributed by atoms with Crippen LogP contribution >= 0.6 is 0 Å². The lowest BCUT2D eigenvalue weighted by Gasteiger charge is -2.34. The molecule has 0 saturated carbocycles. The number of carbonyl (C=O) groups excluding carboxylic acids is 2. The standard InChI is InChI=1S/C39H39FN8O2/c40-35-8-7-30(22-34(35)36-10-16-42-26-44-36)39(50)45-32-11-17-47(18-12-32)25-27-6-9-37(43-23-27)48-19-13-33(14-20-48)46-38(49)29-4-1-3-28(21-29)31-5-2-15-41-24-31/h1-10,15-16,21-24,26,32-33H,11-14,17-20,25H2,(H,45,50)(H,46,49). The Hall–Kier alpha value is -5.55. The zero-order chi connectivity index (χ0) is 34.3. The molecule has 5 heterocycles. The number of rotatable bonds is 9. The van der Waals surface area contributed by atoms with E-state index in [1.54, 1.807) is 30.7 Å². The van der Waals surface area contributed by atoms with E-state index in [0.29, 0.717) is 16.8 Å². The van der Waals surface area contributed by atoms with Crippen molar-refractivity contribution in [2.24, 2.45) is 0 Å². The molecule has 0 spiro atoms. The Morgan fingerprint density at radius 2 is 1.46 bits per heavy atom. The van der Waals surface area contributed by atoms with E-state index in [4.69, 9.17) is 4.98 Å². The van der Waals surface area contributed by atoms with Gasteiger partial charge < -0.3 is 15.5 Å². The molecule has 11 heteroatoms. The minimum absolute atomic E-state index is 0.0516. The van der Waals surface area contributed by atoms with E-state index in [1.165, 1.54) is 18.5 Å². The average Bonchev–Trinajstić information content (AvgIpc) is 3.17. The van der Waals surface area contributed by atoms with Crippen LogP contribution in [-0.4, -0.2) is 74.9 Å². The van der Waals surface area contributed by atoms with Gasteiger partial charge in [-0.25, -0.2) is 19.3 Å². The number of hydrogen-bond donors (Lipinski definition) is 2. The van der Waals surface area contributed by atoms with Crippen LogP contribution in [0.4, 0.5) is 10.2 Å². The van der Waals surface area contributed by atoms with Crippen molar-refractivity contribution in [1.82, 2.24) is 35.5 Å². The van der Waals surface area contributed by atoms with Gasteiger partial charge in [0.25, 0.3) is 11.8 Å². The van der Waals surface area contributed by atoms with Gasteiger partial charge in [0.1, 0.15) is 18.0 Å². The van der Waals surface area contributed by atoms with E-state index in [0.717, 1.165) is 80.9 Å². The predicted molar refractivity (Wildman–Crippen MR) is 190 cm³/mol. The minimum atomic E-state index is -0.429. The van der Waals surface area contributed by atoms with Gasteiger partial charge in [0.2, 0.25) is 0 Å². The molecule has 2 N–H and O–H groups in total.